The molecule has 0 aromatic carbocycles. The highest BCUT2D eigenvalue weighted by Gasteiger charge is 2.55. The second kappa shape index (κ2) is 3.57. The molecule has 1 saturated carbocycles. The van der Waals surface area contributed by atoms with Gasteiger partial charge in [0.25, 0.3) is 0 Å². The maximum atomic E-state index is 11.4. The summed E-state index contributed by atoms with van der Waals surface area (Å²) in [6.07, 6.45) is -0.0928. The van der Waals surface area contributed by atoms with E-state index in [1.165, 1.54) is 0 Å². The molecule has 2 aliphatic rings. The molecule has 2 N–H and O–H groups in total. The predicted molar refractivity (Wildman–Crippen MR) is 51.2 cm³/mol. The number of ketones is 1. The maximum absolute atomic E-state index is 11.4. The number of aliphatic hydroxyl groups is 1. The van der Waals surface area contributed by atoms with Crippen molar-refractivity contribution in [1.29, 1.82) is 0 Å². The molecule has 1 amide bonds. The smallest absolute Gasteiger partial charge is 0.223 e. The van der Waals surface area contributed by atoms with Crippen LogP contribution >= 0.6 is 0 Å². The number of carbonyl (C=O) groups excluding carboxylic acids is 2. The zero-order chi connectivity index (χ0) is 11.1. The molecular formula is C10H15NO4. The van der Waals surface area contributed by atoms with Gasteiger partial charge in [-0.2, -0.15) is 0 Å². The lowest BCUT2D eigenvalue weighted by Gasteiger charge is -2.39. The third-order valence-corrected chi connectivity index (χ3v) is 3.15. The van der Waals surface area contributed by atoms with Gasteiger partial charge in [0.15, 0.2) is 0 Å². The summed E-state index contributed by atoms with van der Waals surface area (Å²) in [6, 6.07) is -0.470. The number of amides is 1. The van der Waals surface area contributed by atoms with Crippen LogP contribution in [-0.4, -0.2) is 41.2 Å². The molecule has 2 rings (SSSR count). The zero-order valence-corrected chi connectivity index (χ0v) is 8.66. The minimum Gasteiger partial charge on any atom is -0.384 e. The van der Waals surface area contributed by atoms with E-state index in [1.807, 2.05) is 6.92 Å². The van der Waals surface area contributed by atoms with Gasteiger partial charge in [-0.25, -0.2) is 0 Å². The first kappa shape index (κ1) is 10.6. The van der Waals surface area contributed by atoms with Crippen LogP contribution in [0.1, 0.15) is 26.2 Å². The number of carbonyl (C=O) groups is 2. The average molecular weight is 213 g/mol. The SMILES string of the molecule is CCO[C@H]1CC(=O)C[C@@H]2NC(=O)C[C@]21O. The van der Waals surface area contributed by atoms with Gasteiger partial charge >= 0.3 is 0 Å². The third-order valence-electron chi connectivity index (χ3n) is 3.15. The molecule has 5 nitrogen and oxygen atoms in total. The topological polar surface area (TPSA) is 75.6 Å². The monoisotopic (exact) mass is 213 g/mol. The number of nitrogens with one attached hydrogen (secondary N) is 1. The van der Waals surface area contributed by atoms with E-state index in [1.54, 1.807) is 0 Å². The number of fused-ring (bicyclic) bond motifs is 1. The summed E-state index contributed by atoms with van der Waals surface area (Å²) in [5, 5.41) is 13.0. The summed E-state index contributed by atoms with van der Waals surface area (Å²) in [5.41, 5.74) is -1.19. The molecule has 0 aromatic heterocycles. The van der Waals surface area contributed by atoms with Crippen LogP contribution in [0.4, 0.5) is 0 Å². The van der Waals surface area contributed by atoms with Crippen LogP contribution in [0.25, 0.3) is 0 Å². The summed E-state index contributed by atoms with van der Waals surface area (Å²) >= 11 is 0. The van der Waals surface area contributed by atoms with Gasteiger partial charge in [0, 0.05) is 19.4 Å². The van der Waals surface area contributed by atoms with E-state index < -0.39 is 17.7 Å². The van der Waals surface area contributed by atoms with Crippen LogP contribution in [0, 0.1) is 0 Å². The molecular weight excluding hydrogens is 198 g/mol. The maximum Gasteiger partial charge on any atom is 0.223 e. The lowest BCUT2D eigenvalue weighted by Crippen LogP contribution is -2.57. The minimum atomic E-state index is -1.19. The van der Waals surface area contributed by atoms with Crippen molar-refractivity contribution in [2.75, 3.05) is 6.61 Å². The highest BCUT2D eigenvalue weighted by atomic mass is 16.5. The second-order valence-electron chi connectivity index (χ2n) is 4.18. The summed E-state index contributed by atoms with van der Waals surface area (Å²) in [6.45, 7) is 2.24. The second-order valence-corrected chi connectivity index (χ2v) is 4.18. The molecule has 1 saturated heterocycles. The molecule has 1 aliphatic carbocycles. The molecule has 1 aliphatic heterocycles. The molecule has 0 spiro atoms. The van der Waals surface area contributed by atoms with Crippen LogP contribution in [0.15, 0.2) is 0 Å². The Bertz CT molecular complexity index is 304. The van der Waals surface area contributed by atoms with Crippen molar-refractivity contribution >= 4 is 11.7 Å². The van der Waals surface area contributed by atoms with Crippen molar-refractivity contribution in [3.63, 3.8) is 0 Å². The van der Waals surface area contributed by atoms with Crippen LogP contribution in [0.5, 0.6) is 0 Å². The zero-order valence-electron chi connectivity index (χ0n) is 8.66. The first-order chi connectivity index (χ1) is 7.06. The Hall–Kier alpha value is -0.940. The number of rotatable bonds is 2. The fraction of sp³-hybridized carbons (Fsp3) is 0.800. The fourth-order valence-electron chi connectivity index (χ4n) is 2.42. The summed E-state index contributed by atoms with van der Waals surface area (Å²) < 4.78 is 5.36. The molecule has 0 radical (unpaired) electrons. The molecule has 2 fully saturated rings. The van der Waals surface area contributed by atoms with Crippen LogP contribution in [-0.2, 0) is 14.3 Å². The molecule has 84 valence electrons. The molecule has 0 unspecified atom stereocenters. The van der Waals surface area contributed by atoms with Gasteiger partial charge in [-0.1, -0.05) is 0 Å². The molecule has 1 heterocycles. The predicted octanol–water partition coefficient (Wildman–Crippen LogP) is -0.626. The van der Waals surface area contributed by atoms with Crippen LogP contribution in [0.2, 0.25) is 0 Å². The lowest BCUT2D eigenvalue weighted by atomic mass is 9.78. The van der Waals surface area contributed by atoms with E-state index >= 15 is 0 Å². The van der Waals surface area contributed by atoms with Crippen LogP contribution in [0.3, 0.4) is 0 Å². The largest absolute Gasteiger partial charge is 0.384 e. The number of hydrogen-bond donors (Lipinski definition) is 2. The van der Waals surface area contributed by atoms with Gasteiger partial charge in [-0.05, 0) is 6.92 Å². The fourth-order valence-corrected chi connectivity index (χ4v) is 2.42. The van der Waals surface area contributed by atoms with Crippen molar-refractivity contribution in [3.05, 3.63) is 0 Å². The van der Waals surface area contributed by atoms with Crippen molar-refractivity contribution in [1.82, 2.24) is 5.32 Å². The molecule has 0 aromatic rings. The number of hydrogen-bond acceptors (Lipinski definition) is 4. The van der Waals surface area contributed by atoms with E-state index in [4.69, 9.17) is 4.74 Å². The highest BCUT2D eigenvalue weighted by molar-refractivity contribution is 5.87. The normalized spacial score (nSPS) is 40.1. The van der Waals surface area contributed by atoms with E-state index in [2.05, 4.69) is 5.32 Å². The van der Waals surface area contributed by atoms with Gasteiger partial charge in [0.05, 0.1) is 18.6 Å². The highest BCUT2D eigenvalue weighted by Crippen LogP contribution is 2.35. The van der Waals surface area contributed by atoms with Crippen molar-refractivity contribution < 1.29 is 19.4 Å². The van der Waals surface area contributed by atoms with Gasteiger partial charge in [0.2, 0.25) is 5.91 Å². The van der Waals surface area contributed by atoms with E-state index in [0.29, 0.717) is 6.61 Å². The molecule has 15 heavy (non-hydrogen) atoms. The standard InChI is InChI=1S/C10H15NO4/c1-2-15-8-4-6(12)3-7-10(8,14)5-9(13)11-7/h7-8,14H,2-5H2,1H3,(H,11,13)/t7-,8-,10-/m0/s1. The number of ether oxygens (including phenoxy) is 1. The molecule has 5 heteroatoms. The van der Waals surface area contributed by atoms with E-state index in [-0.39, 0.29) is 31.0 Å². The summed E-state index contributed by atoms with van der Waals surface area (Å²) in [7, 11) is 0. The third kappa shape index (κ3) is 1.66. The van der Waals surface area contributed by atoms with E-state index in [9.17, 15) is 14.7 Å². The Kier molecular flexibility index (Phi) is 2.52. The Morgan fingerprint density at radius 3 is 2.93 bits per heavy atom. The first-order valence-corrected chi connectivity index (χ1v) is 5.21. The number of Topliss-reactive ketones (excluding diaryl/α,β-unsaturated/α-hetero) is 1. The Morgan fingerprint density at radius 2 is 2.27 bits per heavy atom. The van der Waals surface area contributed by atoms with Crippen molar-refractivity contribution in [3.8, 4) is 0 Å². The van der Waals surface area contributed by atoms with Gasteiger partial charge in [0.1, 0.15) is 11.4 Å². The molecule has 3 atom stereocenters. The average Bonchev–Trinajstić information content (AvgIpc) is 2.42. The molecule has 0 bridgehead atoms. The first-order valence-electron chi connectivity index (χ1n) is 5.21. The quantitative estimate of drug-likeness (QED) is 0.640. The minimum absolute atomic E-state index is 0.0327. The Morgan fingerprint density at radius 1 is 1.53 bits per heavy atom. The van der Waals surface area contributed by atoms with Gasteiger partial charge in [-0.15, -0.1) is 0 Å². The van der Waals surface area contributed by atoms with Crippen LogP contribution < -0.4 is 5.32 Å². The Labute approximate surface area is 87.8 Å². The van der Waals surface area contributed by atoms with Crippen molar-refractivity contribution in [2.45, 2.75) is 43.9 Å². The van der Waals surface area contributed by atoms with Crippen molar-refractivity contribution in [2.24, 2.45) is 0 Å². The Balaban J connectivity index is 2.22. The van der Waals surface area contributed by atoms with Gasteiger partial charge < -0.3 is 15.2 Å². The summed E-state index contributed by atoms with van der Waals surface area (Å²) in [5.74, 6) is -0.174. The van der Waals surface area contributed by atoms with Gasteiger partial charge in [-0.3, -0.25) is 9.59 Å². The summed E-state index contributed by atoms with van der Waals surface area (Å²) in [4.78, 5) is 22.6. The van der Waals surface area contributed by atoms with E-state index in [0.717, 1.165) is 0 Å². The lowest BCUT2D eigenvalue weighted by molar-refractivity contribution is -0.152.